The van der Waals surface area contributed by atoms with Gasteiger partial charge >= 0.3 is 0 Å². The minimum absolute atomic E-state index is 0.122. The zero-order valence-electron chi connectivity index (χ0n) is 19.3. The monoisotopic (exact) mass is 450 g/mol. The summed E-state index contributed by atoms with van der Waals surface area (Å²) in [6.07, 6.45) is 3.36. The summed E-state index contributed by atoms with van der Waals surface area (Å²) >= 11 is 0. The van der Waals surface area contributed by atoms with E-state index in [-0.39, 0.29) is 5.91 Å². The van der Waals surface area contributed by atoms with Crippen LogP contribution in [0.2, 0.25) is 0 Å². The number of nitrogens with one attached hydrogen (secondary N) is 1. The molecule has 1 N–H and O–H groups in total. The standard InChI is InChI=1S/C26H30N2O5/c1-18(13-26(29)27-7-8-28-9-11-32-12-10-28)21-15-22-23(17-33-25(22)16-24(21)31-3)19-5-4-6-20(14-19)30-2/h4-6,13-17H,7-12H2,1-3H3,(H,27,29)/b18-13+. The number of amides is 1. The highest BCUT2D eigenvalue weighted by Gasteiger charge is 2.16. The van der Waals surface area contributed by atoms with Gasteiger partial charge in [0, 0.05) is 54.8 Å². The molecule has 33 heavy (non-hydrogen) atoms. The number of allylic oxidation sites excluding steroid dienone is 1. The van der Waals surface area contributed by atoms with Crippen molar-refractivity contribution in [2.24, 2.45) is 0 Å². The van der Waals surface area contributed by atoms with Crippen LogP contribution >= 0.6 is 0 Å². The van der Waals surface area contributed by atoms with Gasteiger partial charge in [-0.05, 0) is 36.3 Å². The molecule has 0 bridgehead atoms. The van der Waals surface area contributed by atoms with Gasteiger partial charge in [-0.1, -0.05) is 12.1 Å². The summed E-state index contributed by atoms with van der Waals surface area (Å²) in [4.78, 5) is 14.8. The number of furan rings is 1. The molecule has 1 aromatic heterocycles. The van der Waals surface area contributed by atoms with Gasteiger partial charge in [-0.25, -0.2) is 0 Å². The largest absolute Gasteiger partial charge is 0.497 e. The third-order valence-electron chi connectivity index (χ3n) is 5.88. The lowest BCUT2D eigenvalue weighted by Crippen LogP contribution is -2.41. The second kappa shape index (κ2) is 10.6. The van der Waals surface area contributed by atoms with Gasteiger partial charge in [0.15, 0.2) is 0 Å². The summed E-state index contributed by atoms with van der Waals surface area (Å²) in [7, 11) is 3.27. The summed E-state index contributed by atoms with van der Waals surface area (Å²) in [5.74, 6) is 1.31. The highest BCUT2D eigenvalue weighted by molar-refractivity contribution is 6.00. The van der Waals surface area contributed by atoms with Gasteiger partial charge in [-0.2, -0.15) is 0 Å². The summed E-state index contributed by atoms with van der Waals surface area (Å²) in [6, 6.07) is 11.7. The van der Waals surface area contributed by atoms with Gasteiger partial charge in [0.2, 0.25) is 5.91 Å². The van der Waals surface area contributed by atoms with Crippen LogP contribution in [0.4, 0.5) is 0 Å². The maximum atomic E-state index is 12.5. The molecule has 7 nitrogen and oxygen atoms in total. The number of carbonyl (C=O) groups excluding carboxylic acids is 1. The van der Waals surface area contributed by atoms with Gasteiger partial charge < -0.3 is 23.9 Å². The molecule has 0 spiro atoms. The Balaban J connectivity index is 1.55. The van der Waals surface area contributed by atoms with Crippen LogP contribution in [-0.4, -0.2) is 64.4 Å². The van der Waals surface area contributed by atoms with Crippen LogP contribution in [0.3, 0.4) is 0 Å². The smallest absolute Gasteiger partial charge is 0.244 e. The maximum Gasteiger partial charge on any atom is 0.244 e. The van der Waals surface area contributed by atoms with E-state index in [4.69, 9.17) is 18.6 Å². The van der Waals surface area contributed by atoms with E-state index in [0.29, 0.717) is 12.3 Å². The number of ether oxygens (including phenoxy) is 3. The molecule has 2 aromatic carbocycles. The van der Waals surface area contributed by atoms with Crippen molar-refractivity contribution in [1.29, 1.82) is 0 Å². The summed E-state index contributed by atoms with van der Waals surface area (Å²) in [5.41, 5.74) is 4.33. The van der Waals surface area contributed by atoms with Gasteiger partial charge in [-0.15, -0.1) is 0 Å². The first-order valence-corrected chi connectivity index (χ1v) is 11.1. The van der Waals surface area contributed by atoms with Crippen molar-refractivity contribution in [2.75, 3.05) is 53.6 Å². The van der Waals surface area contributed by atoms with E-state index in [9.17, 15) is 4.79 Å². The highest BCUT2D eigenvalue weighted by Crippen LogP contribution is 2.38. The Bertz CT molecular complexity index is 1140. The molecule has 0 unspecified atom stereocenters. The first-order chi connectivity index (χ1) is 16.1. The fourth-order valence-corrected chi connectivity index (χ4v) is 4.03. The number of hydrogen-bond donors (Lipinski definition) is 1. The van der Waals surface area contributed by atoms with E-state index < -0.39 is 0 Å². The molecular formula is C26H30N2O5. The number of morpholine rings is 1. The highest BCUT2D eigenvalue weighted by atomic mass is 16.5. The lowest BCUT2D eigenvalue weighted by atomic mass is 9.99. The average molecular weight is 451 g/mol. The molecule has 1 aliphatic rings. The Morgan fingerprint density at radius 1 is 1.15 bits per heavy atom. The molecule has 1 aliphatic heterocycles. The fraction of sp³-hybridized carbons (Fsp3) is 0.346. The Hall–Kier alpha value is -3.29. The van der Waals surface area contributed by atoms with Gasteiger partial charge in [-0.3, -0.25) is 9.69 Å². The number of methoxy groups -OCH3 is 2. The molecule has 1 fully saturated rings. The Morgan fingerprint density at radius 2 is 1.97 bits per heavy atom. The van der Waals surface area contributed by atoms with Crippen molar-refractivity contribution in [1.82, 2.24) is 10.2 Å². The molecule has 1 amide bonds. The molecule has 2 heterocycles. The van der Waals surface area contributed by atoms with Gasteiger partial charge in [0.1, 0.15) is 17.1 Å². The van der Waals surface area contributed by atoms with Crippen molar-refractivity contribution in [2.45, 2.75) is 6.92 Å². The number of carbonyl (C=O) groups is 1. The van der Waals surface area contributed by atoms with E-state index in [1.807, 2.05) is 43.3 Å². The number of hydrogen-bond acceptors (Lipinski definition) is 6. The molecule has 0 radical (unpaired) electrons. The molecule has 4 rings (SSSR count). The van der Waals surface area contributed by atoms with Crippen molar-refractivity contribution >= 4 is 22.4 Å². The van der Waals surface area contributed by atoms with E-state index in [1.54, 1.807) is 26.6 Å². The number of rotatable bonds is 8. The minimum atomic E-state index is -0.122. The zero-order chi connectivity index (χ0) is 23.2. The van der Waals surface area contributed by atoms with Crippen LogP contribution in [-0.2, 0) is 9.53 Å². The van der Waals surface area contributed by atoms with Gasteiger partial charge in [0.05, 0.1) is 33.7 Å². The molecule has 3 aromatic rings. The molecular weight excluding hydrogens is 420 g/mol. The van der Waals surface area contributed by atoms with Crippen molar-refractivity contribution in [3.8, 4) is 22.6 Å². The van der Waals surface area contributed by atoms with Crippen molar-refractivity contribution in [3.63, 3.8) is 0 Å². The molecule has 0 atom stereocenters. The quantitative estimate of drug-likeness (QED) is 0.524. The predicted octanol–water partition coefficient (Wildman–Crippen LogP) is 3.97. The average Bonchev–Trinajstić information content (AvgIpc) is 3.26. The summed E-state index contributed by atoms with van der Waals surface area (Å²) in [5, 5.41) is 3.92. The number of benzene rings is 2. The van der Waals surface area contributed by atoms with Crippen LogP contribution in [0, 0.1) is 0 Å². The molecule has 0 saturated carbocycles. The van der Waals surface area contributed by atoms with Crippen LogP contribution < -0.4 is 14.8 Å². The van der Waals surface area contributed by atoms with E-state index in [2.05, 4.69) is 10.2 Å². The van der Waals surface area contributed by atoms with Crippen molar-refractivity contribution in [3.05, 3.63) is 54.3 Å². The topological polar surface area (TPSA) is 73.2 Å². The normalized spacial score (nSPS) is 14.9. The summed E-state index contributed by atoms with van der Waals surface area (Å²) in [6.45, 7) is 6.64. The lowest BCUT2D eigenvalue weighted by molar-refractivity contribution is -0.116. The van der Waals surface area contributed by atoms with Gasteiger partial charge in [0.25, 0.3) is 0 Å². The Kier molecular flexibility index (Phi) is 7.32. The molecule has 174 valence electrons. The molecule has 0 aliphatic carbocycles. The maximum absolute atomic E-state index is 12.5. The second-order valence-corrected chi connectivity index (χ2v) is 8.00. The van der Waals surface area contributed by atoms with Crippen molar-refractivity contribution < 1.29 is 23.4 Å². The van der Waals surface area contributed by atoms with E-state index in [1.165, 1.54) is 0 Å². The first kappa shape index (κ1) is 22.9. The Labute approximate surface area is 193 Å². The van der Waals surface area contributed by atoms with E-state index >= 15 is 0 Å². The first-order valence-electron chi connectivity index (χ1n) is 11.1. The third-order valence-corrected chi connectivity index (χ3v) is 5.88. The lowest BCUT2D eigenvalue weighted by Gasteiger charge is -2.26. The SMILES string of the molecule is COc1cccc(-c2coc3cc(OC)c(/C(C)=C/C(=O)NCCN4CCOCC4)cc23)c1. The van der Waals surface area contributed by atoms with Crippen LogP contribution in [0.15, 0.2) is 53.2 Å². The van der Waals surface area contributed by atoms with E-state index in [0.717, 1.165) is 71.8 Å². The molecule has 1 saturated heterocycles. The number of fused-ring (bicyclic) bond motifs is 1. The second-order valence-electron chi connectivity index (χ2n) is 8.00. The van der Waals surface area contributed by atoms with Crippen LogP contribution in [0.1, 0.15) is 12.5 Å². The van der Waals surface area contributed by atoms with Crippen LogP contribution in [0.25, 0.3) is 27.7 Å². The minimum Gasteiger partial charge on any atom is -0.497 e. The predicted molar refractivity (Wildman–Crippen MR) is 129 cm³/mol. The molecule has 7 heteroatoms. The summed E-state index contributed by atoms with van der Waals surface area (Å²) < 4.78 is 22.1. The Morgan fingerprint density at radius 3 is 2.73 bits per heavy atom. The zero-order valence-corrected chi connectivity index (χ0v) is 19.3. The third kappa shape index (κ3) is 5.38. The number of nitrogens with zero attached hydrogens (tertiary/aromatic N) is 1. The fourth-order valence-electron chi connectivity index (χ4n) is 4.03. The van der Waals surface area contributed by atoms with Crippen LogP contribution in [0.5, 0.6) is 11.5 Å².